The summed E-state index contributed by atoms with van der Waals surface area (Å²) in [4.78, 5) is 19.4. The standard InChI is InChI=1S/C22H30N4O/c1-7-17(8-2)26-12-19(27)24-21-18(26)11-16(6)23-22(21)25-20-14(4)9-13(3)10-15(20)5/h9-11,17H,7-8,12H2,1-6H3,(H,23,25)(H,24,27). The van der Waals surface area contributed by atoms with E-state index in [0.717, 1.165) is 35.6 Å². The monoisotopic (exact) mass is 366 g/mol. The minimum absolute atomic E-state index is 0.0143. The molecule has 0 aliphatic carbocycles. The highest BCUT2D eigenvalue weighted by Gasteiger charge is 2.29. The number of aryl methyl sites for hydroxylation is 4. The maximum absolute atomic E-state index is 12.4. The highest BCUT2D eigenvalue weighted by atomic mass is 16.2. The van der Waals surface area contributed by atoms with Gasteiger partial charge >= 0.3 is 0 Å². The van der Waals surface area contributed by atoms with Crippen molar-refractivity contribution >= 4 is 28.8 Å². The lowest BCUT2D eigenvalue weighted by Crippen LogP contribution is -2.44. The summed E-state index contributed by atoms with van der Waals surface area (Å²) < 4.78 is 0. The lowest BCUT2D eigenvalue weighted by atomic mass is 10.0. The lowest BCUT2D eigenvalue weighted by Gasteiger charge is -2.37. The Morgan fingerprint density at radius 3 is 2.33 bits per heavy atom. The summed E-state index contributed by atoms with van der Waals surface area (Å²) in [6.45, 7) is 13.0. The second kappa shape index (κ2) is 7.59. The van der Waals surface area contributed by atoms with E-state index in [1.165, 1.54) is 16.7 Å². The summed E-state index contributed by atoms with van der Waals surface area (Å²) in [7, 11) is 0. The van der Waals surface area contributed by atoms with Gasteiger partial charge in [0.1, 0.15) is 5.69 Å². The van der Waals surface area contributed by atoms with Crippen LogP contribution >= 0.6 is 0 Å². The van der Waals surface area contributed by atoms with Crippen molar-refractivity contribution in [3.63, 3.8) is 0 Å². The van der Waals surface area contributed by atoms with E-state index in [-0.39, 0.29) is 5.91 Å². The normalized spacial score (nSPS) is 13.6. The predicted molar refractivity (Wildman–Crippen MR) is 113 cm³/mol. The molecule has 0 bridgehead atoms. The number of anilines is 4. The van der Waals surface area contributed by atoms with E-state index in [4.69, 9.17) is 4.98 Å². The van der Waals surface area contributed by atoms with Crippen LogP contribution in [0.25, 0.3) is 0 Å². The number of nitrogens with one attached hydrogen (secondary N) is 2. The molecule has 2 N–H and O–H groups in total. The Balaban J connectivity index is 2.10. The van der Waals surface area contributed by atoms with Crippen LogP contribution in [0.2, 0.25) is 0 Å². The van der Waals surface area contributed by atoms with Crippen molar-refractivity contribution in [2.24, 2.45) is 0 Å². The van der Waals surface area contributed by atoms with Gasteiger partial charge in [0.15, 0.2) is 5.82 Å². The van der Waals surface area contributed by atoms with E-state index in [2.05, 4.69) is 68.4 Å². The number of amides is 1. The summed E-state index contributed by atoms with van der Waals surface area (Å²) in [6, 6.07) is 6.74. The Morgan fingerprint density at radius 2 is 1.74 bits per heavy atom. The topological polar surface area (TPSA) is 57.3 Å². The van der Waals surface area contributed by atoms with Gasteiger partial charge in [0, 0.05) is 17.4 Å². The molecule has 0 saturated heterocycles. The molecule has 0 saturated carbocycles. The maximum Gasteiger partial charge on any atom is 0.244 e. The van der Waals surface area contributed by atoms with Crippen molar-refractivity contribution in [2.45, 2.75) is 60.4 Å². The first kappa shape index (κ1) is 19.2. The minimum Gasteiger partial charge on any atom is -0.357 e. The van der Waals surface area contributed by atoms with Gasteiger partial charge in [0.25, 0.3) is 0 Å². The highest BCUT2D eigenvalue weighted by molar-refractivity contribution is 6.05. The van der Waals surface area contributed by atoms with Crippen LogP contribution in [0.3, 0.4) is 0 Å². The first-order valence-corrected chi connectivity index (χ1v) is 9.77. The first-order chi connectivity index (χ1) is 12.8. The number of pyridine rings is 1. The summed E-state index contributed by atoms with van der Waals surface area (Å²) >= 11 is 0. The number of nitrogens with zero attached hydrogens (tertiary/aromatic N) is 2. The average molecular weight is 367 g/mol. The first-order valence-electron chi connectivity index (χ1n) is 9.77. The zero-order chi connectivity index (χ0) is 19.7. The van der Waals surface area contributed by atoms with Crippen molar-refractivity contribution in [3.8, 4) is 0 Å². The van der Waals surface area contributed by atoms with E-state index in [1.54, 1.807) is 0 Å². The number of fused-ring (bicyclic) bond motifs is 1. The molecule has 0 spiro atoms. The van der Waals surface area contributed by atoms with E-state index < -0.39 is 0 Å². The van der Waals surface area contributed by atoms with Crippen LogP contribution in [-0.2, 0) is 4.79 Å². The molecule has 1 aliphatic rings. The molecular formula is C22H30N4O. The van der Waals surface area contributed by atoms with Crippen LogP contribution in [0, 0.1) is 27.7 Å². The molecule has 144 valence electrons. The number of rotatable bonds is 5. The van der Waals surface area contributed by atoms with Crippen LogP contribution in [0.4, 0.5) is 22.9 Å². The summed E-state index contributed by atoms with van der Waals surface area (Å²) in [5.41, 5.74) is 7.40. The molecular weight excluding hydrogens is 336 g/mol. The molecule has 0 atom stereocenters. The number of carbonyl (C=O) groups is 1. The molecule has 3 rings (SSSR count). The fourth-order valence-corrected chi connectivity index (χ4v) is 4.07. The van der Waals surface area contributed by atoms with Gasteiger partial charge in [-0.25, -0.2) is 4.98 Å². The molecule has 2 heterocycles. The number of benzene rings is 1. The van der Waals surface area contributed by atoms with Crippen molar-refractivity contribution in [1.29, 1.82) is 0 Å². The highest BCUT2D eigenvalue weighted by Crippen LogP contribution is 2.39. The zero-order valence-electron chi connectivity index (χ0n) is 17.2. The fraction of sp³-hybridized carbons (Fsp3) is 0.455. The fourth-order valence-electron chi connectivity index (χ4n) is 4.07. The van der Waals surface area contributed by atoms with E-state index >= 15 is 0 Å². The summed E-state index contributed by atoms with van der Waals surface area (Å²) in [5, 5.41) is 6.55. The maximum atomic E-state index is 12.4. The average Bonchev–Trinajstić information content (AvgIpc) is 2.59. The van der Waals surface area contributed by atoms with Crippen molar-refractivity contribution in [1.82, 2.24) is 4.98 Å². The van der Waals surface area contributed by atoms with Crippen molar-refractivity contribution in [3.05, 3.63) is 40.6 Å². The Hall–Kier alpha value is -2.56. The second-order valence-corrected chi connectivity index (χ2v) is 7.55. The van der Waals surface area contributed by atoms with Gasteiger partial charge in [-0.15, -0.1) is 0 Å². The van der Waals surface area contributed by atoms with Gasteiger partial charge in [-0.3, -0.25) is 4.79 Å². The van der Waals surface area contributed by atoms with E-state index in [0.29, 0.717) is 18.4 Å². The Labute approximate surface area is 162 Å². The van der Waals surface area contributed by atoms with Crippen molar-refractivity contribution in [2.75, 3.05) is 22.1 Å². The minimum atomic E-state index is 0.0143. The quantitative estimate of drug-likeness (QED) is 0.781. The molecule has 5 nitrogen and oxygen atoms in total. The van der Waals surface area contributed by atoms with Crippen LogP contribution in [0.1, 0.15) is 49.1 Å². The van der Waals surface area contributed by atoms with Crippen LogP contribution < -0.4 is 15.5 Å². The van der Waals surface area contributed by atoms with Gasteiger partial charge < -0.3 is 15.5 Å². The third kappa shape index (κ3) is 3.77. The predicted octanol–water partition coefficient (Wildman–Crippen LogP) is 5.01. The number of hydrogen-bond acceptors (Lipinski definition) is 4. The summed E-state index contributed by atoms with van der Waals surface area (Å²) in [5.74, 6) is 0.726. The lowest BCUT2D eigenvalue weighted by molar-refractivity contribution is -0.115. The molecule has 0 fully saturated rings. The van der Waals surface area contributed by atoms with Crippen LogP contribution in [-0.4, -0.2) is 23.5 Å². The largest absolute Gasteiger partial charge is 0.357 e. The number of carbonyl (C=O) groups excluding carboxylic acids is 1. The number of aromatic nitrogens is 1. The molecule has 2 aromatic rings. The van der Waals surface area contributed by atoms with E-state index in [9.17, 15) is 4.79 Å². The van der Waals surface area contributed by atoms with Gasteiger partial charge in [-0.05, 0) is 57.7 Å². The SMILES string of the molecule is CCC(CC)N1CC(=O)Nc2c1cc(C)nc2Nc1c(C)cc(C)cc1C. The van der Waals surface area contributed by atoms with Crippen LogP contribution in [0.15, 0.2) is 18.2 Å². The molecule has 0 unspecified atom stereocenters. The van der Waals surface area contributed by atoms with Crippen LogP contribution in [0.5, 0.6) is 0 Å². The Morgan fingerprint density at radius 1 is 1.11 bits per heavy atom. The van der Waals surface area contributed by atoms with Gasteiger partial charge in [-0.2, -0.15) is 0 Å². The smallest absolute Gasteiger partial charge is 0.244 e. The third-order valence-corrected chi connectivity index (χ3v) is 5.32. The molecule has 1 aromatic heterocycles. The summed E-state index contributed by atoms with van der Waals surface area (Å²) in [6.07, 6.45) is 2.01. The van der Waals surface area contributed by atoms with Gasteiger partial charge in [-0.1, -0.05) is 31.5 Å². The molecule has 1 amide bonds. The van der Waals surface area contributed by atoms with Gasteiger partial charge in [0.2, 0.25) is 5.91 Å². The number of hydrogen-bond donors (Lipinski definition) is 2. The Kier molecular flexibility index (Phi) is 5.40. The molecule has 1 aromatic carbocycles. The van der Waals surface area contributed by atoms with E-state index in [1.807, 2.05) is 6.92 Å². The molecule has 5 heteroatoms. The third-order valence-electron chi connectivity index (χ3n) is 5.32. The second-order valence-electron chi connectivity index (χ2n) is 7.55. The molecule has 0 radical (unpaired) electrons. The van der Waals surface area contributed by atoms with Gasteiger partial charge in [0.05, 0.1) is 12.2 Å². The Bertz CT molecular complexity index is 848. The molecule has 1 aliphatic heterocycles. The zero-order valence-corrected chi connectivity index (χ0v) is 17.2. The van der Waals surface area contributed by atoms with Crippen molar-refractivity contribution < 1.29 is 4.79 Å². The molecule has 27 heavy (non-hydrogen) atoms.